The van der Waals surface area contributed by atoms with Crippen LogP contribution in [0.3, 0.4) is 0 Å². The van der Waals surface area contributed by atoms with E-state index < -0.39 is 11.4 Å². The van der Waals surface area contributed by atoms with Crippen LogP contribution in [0.5, 0.6) is 0 Å². The number of carboxylic acid groups (broad SMARTS) is 1. The predicted molar refractivity (Wildman–Crippen MR) is 52.1 cm³/mol. The van der Waals surface area contributed by atoms with Gasteiger partial charge < -0.3 is 9.84 Å². The highest BCUT2D eigenvalue weighted by Crippen LogP contribution is 2.53. The van der Waals surface area contributed by atoms with Crippen LogP contribution in [0.1, 0.15) is 39.0 Å². The Morgan fingerprint density at radius 1 is 1.21 bits per heavy atom. The van der Waals surface area contributed by atoms with E-state index in [2.05, 4.69) is 6.92 Å². The van der Waals surface area contributed by atoms with Crippen LogP contribution >= 0.6 is 0 Å². The van der Waals surface area contributed by atoms with Crippen molar-refractivity contribution in [3.8, 4) is 0 Å². The van der Waals surface area contributed by atoms with E-state index in [4.69, 9.17) is 4.74 Å². The SMILES string of the molecule is CC1(C2(C(=O)O)CCCCC2)COC1. The van der Waals surface area contributed by atoms with Crippen molar-refractivity contribution in [2.24, 2.45) is 10.8 Å². The third-order valence-electron chi connectivity index (χ3n) is 4.11. The van der Waals surface area contributed by atoms with Crippen LogP contribution < -0.4 is 0 Å². The van der Waals surface area contributed by atoms with Crippen LogP contribution in [0.15, 0.2) is 0 Å². The van der Waals surface area contributed by atoms with Gasteiger partial charge in [0.2, 0.25) is 0 Å². The topological polar surface area (TPSA) is 46.5 Å². The Labute approximate surface area is 84.4 Å². The largest absolute Gasteiger partial charge is 0.481 e. The molecule has 1 saturated carbocycles. The molecule has 0 aromatic heterocycles. The van der Waals surface area contributed by atoms with Crippen molar-refractivity contribution in [3.05, 3.63) is 0 Å². The molecule has 14 heavy (non-hydrogen) atoms. The van der Waals surface area contributed by atoms with Gasteiger partial charge >= 0.3 is 5.97 Å². The Morgan fingerprint density at radius 2 is 1.79 bits per heavy atom. The van der Waals surface area contributed by atoms with E-state index >= 15 is 0 Å². The fourth-order valence-corrected chi connectivity index (χ4v) is 2.92. The molecule has 0 bridgehead atoms. The molecule has 0 radical (unpaired) electrons. The zero-order chi connectivity index (χ0) is 10.2. The van der Waals surface area contributed by atoms with Crippen LogP contribution in [0.4, 0.5) is 0 Å². The quantitative estimate of drug-likeness (QED) is 0.738. The lowest BCUT2D eigenvalue weighted by molar-refractivity contribution is -0.204. The molecule has 2 fully saturated rings. The molecule has 0 spiro atoms. The van der Waals surface area contributed by atoms with Crippen molar-refractivity contribution >= 4 is 5.97 Å². The standard InChI is InChI=1S/C11H18O3/c1-10(7-14-8-10)11(9(12)13)5-3-2-4-6-11/h2-8H2,1H3,(H,12,13). The summed E-state index contributed by atoms with van der Waals surface area (Å²) in [5.41, 5.74) is -0.608. The van der Waals surface area contributed by atoms with Crippen molar-refractivity contribution < 1.29 is 14.6 Å². The summed E-state index contributed by atoms with van der Waals surface area (Å²) >= 11 is 0. The molecule has 0 atom stereocenters. The van der Waals surface area contributed by atoms with Gasteiger partial charge in [-0.15, -0.1) is 0 Å². The van der Waals surface area contributed by atoms with Crippen LogP contribution in [0, 0.1) is 10.8 Å². The monoisotopic (exact) mass is 198 g/mol. The summed E-state index contributed by atoms with van der Waals surface area (Å²) in [6.07, 6.45) is 4.97. The molecule has 1 heterocycles. The maximum Gasteiger partial charge on any atom is 0.310 e. The van der Waals surface area contributed by atoms with Crippen LogP contribution in [0.25, 0.3) is 0 Å². The van der Waals surface area contributed by atoms with Gasteiger partial charge in [0.05, 0.1) is 18.6 Å². The van der Waals surface area contributed by atoms with Gasteiger partial charge in [0.15, 0.2) is 0 Å². The normalized spacial score (nSPS) is 29.2. The zero-order valence-electron chi connectivity index (χ0n) is 8.71. The molecule has 0 aromatic rings. The molecule has 3 heteroatoms. The second kappa shape index (κ2) is 3.23. The summed E-state index contributed by atoms with van der Waals surface area (Å²) in [4.78, 5) is 11.5. The first-order valence-electron chi connectivity index (χ1n) is 5.42. The minimum absolute atomic E-state index is 0.112. The van der Waals surface area contributed by atoms with Gasteiger partial charge in [-0.25, -0.2) is 0 Å². The summed E-state index contributed by atoms with van der Waals surface area (Å²) in [5, 5.41) is 9.43. The molecule has 0 unspecified atom stereocenters. The molecule has 2 rings (SSSR count). The molecule has 80 valence electrons. The first kappa shape index (κ1) is 9.97. The molecule has 2 aliphatic rings. The van der Waals surface area contributed by atoms with E-state index in [1.807, 2.05) is 0 Å². The van der Waals surface area contributed by atoms with E-state index in [-0.39, 0.29) is 5.41 Å². The van der Waals surface area contributed by atoms with Crippen molar-refractivity contribution in [1.82, 2.24) is 0 Å². The predicted octanol–water partition coefficient (Wildman–Crippen LogP) is 2.06. The van der Waals surface area contributed by atoms with Crippen LogP contribution in [0.2, 0.25) is 0 Å². The second-order valence-corrected chi connectivity index (χ2v) is 5.00. The second-order valence-electron chi connectivity index (χ2n) is 5.00. The van der Waals surface area contributed by atoms with E-state index in [1.54, 1.807) is 0 Å². The highest BCUT2D eigenvalue weighted by atomic mass is 16.5. The fourth-order valence-electron chi connectivity index (χ4n) is 2.92. The molecule has 1 N–H and O–H groups in total. The van der Waals surface area contributed by atoms with E-state index in [1.165, 1.54) is 6.42 Å². The van der Waals surface area contributed by atoms with E-state index in [0.29, 0.717) is 13.2 Å². The highest BCUT2D eigenvalue weighted by molar-refractivity contribution is 5.76. The smallest absolute Gasteiger partial charge is 0.310 e. The Bertz CT molecular complexity index is 237. The molecule has 0 aromatic carbocycles. The van der Waals surface area contributed by atoms with Gasteiger partial charge in [0.25, 0.3) is 0 Å². The van der Waals surface area contributed by atoms with Gasteiger partial charge in [-0.1, -0.05) is 26.2 Å². The summed E-state index contributed by atoms with van der Waals surface area (Å²) in [6.45, 7) is 3.31. The highest BCUT2D eigenvalue weighted by Gasteiger charge is 2.57. The summed E-state index contributed by atoms with van der Waals surface area (Å²) in [6, 6.07) is 0. The van der Waals surface area contributed by atoms with Crippen molar-refractivity contribution in [2.45, 2.75) is 39.0 Å². The maximum absolute atomic E-state index is 11.5. The third kappa shape index (κ3) is 1.18. The Hall–Kier alpha value is -0.570. The number of rotatable bonds is 2. The van der Waals surface area contributed by atoms with Gasteiger partial charge in [-0.05, 0) is 12.8 Å². The van der Waals surface area contributed by atoms with Gasteiger partial charge in [0.1, 0.15) is 0 Å². The fraction of sp³-hybridized carbons (Fsp3) is 0.909. The minimum atomic E-state index is -0.608. The third-order valence-corrected chi connectivity index (χ3v) is 4.11. The van der Waals surface area contributed by atoms with Crippen LogP contribution in [-0.2, 0) is 9.53 Å². The van der Waals surface area contributed by atoms with Crippen molar-refractivity contribution in [1.29, 1.82) is 0 Å². The summed E-state index contributed by atoms with van der Waals surface area (Å²) in [5.74, 6) is -0.608. The first-order chi connectivity index (χ1) is 6.61. The lowest BCUT2D eigenvalue weighted by atomic mass is 9.56. The number of carbonyl (C=O) groups is 1. The number of aliphatic carboxylic acids is 1. The molecular weight excluding hydrogens is 180 g/mol. The van der Waals surface area contributed by atoms with Crippen molar-refractivity contribution in [2.75, 3.05) is 13.2 Å². The molecule has 1 saturated heterocycles. The lowest BCUT2D eigenvalue weighted by Gasteiger charge is -2.52. The Kier molecular flexibility index (Phi) is 2.30. The van der Waals surface area contributed by atoms with Gasteiger partial charge in [-0.3, -0.25) is 4.79 Å². The lowest BCUT2D eigenvalue weighted by Crippen LogP contribution is -2.57. The average Bonchev–Trinajstić information content (AvgIpc) is 2.15. The van der Waals surface area contributed by atoms with Gasteiger partial charge in [0, 0.05) is 5.41 Å². The molecule has 1 aliphatic carbocycles. The Morgan fingerprint density at radius 3 is 2.14 bits per heavy atom. The zero-order valence-corrected chi connectivity index (χ0v) is 8.71. The van der Waals surface area contributed by atoms with E-state index in [9.17, 15) is 9.90 Å². The summed E-state index contributed by atoms with van der Waals surface area (Å²) < 4.78 is 5.20. The Balaban J connectivity index is 2.24. The van der Waals surface area contributed by atoms with Gasteiger partial charge in [-0.2, -0.15) is 0 Å². The molecule has 3 nitrogen and oxygen atoms in total. The van der Waals surface area contributed by atoms with Crippen LogP contribution in [-0.4, -0.2) is 24.3 Å². The van der Waals surface area contributed by atoms with Crippen molar-refractivity contribution in [3.63, 3.8) is 0 Å². The molecule has 0 amide bonds. The average molecular weight is 198 g/mol. The first-order valence-corrected chi connectivity index (χ1v) is 5.42. The summed E-state index contributed by atoms with van der Waals surface area (Å²) in [7, 11) is 0. The molecule has 1 aliphatic heterocycles. The minimum Gasteiger partial charge on any atom is -0.481 e. The maximum atomic E-state index is 11.5. The number of carboxylic acids is 1. The number of hydrogen-bond donors (Lipinski definition) is 1. The molecular formula is C11H18O3. The number of ether oxygens (including phenoxy) is 1. The number of hydrogen-bond acceptors (Lipinski definition) is 2. The van der Waals surface area contributed by atoms with E-state index in [0.717, 1.165) is 25.7 Å².